The van der Waals surface area contributed by atoms with Crippen LogP contribution in [0, 0.1) is 12.3 Å². The number of rotatable bonds is 6. The molecule has 0 aliphatic heterocycles. The normalized spacial score (nSPS) is 11.6. The minimum atomic E-state index is -0.0370. The summed E-state index contributed by atoms with van der Waals surface area (Å²) >= 11 is 1.51. The predicted octanol–water partition coefficient (Wildman–Crippen LogP) is 1.81. The first-order valence-corrected chi connectivity index (χ1v) is 6.76. The van der Waals surface area contributed by atoms with E-state index in [1.54, 1.807) is 0 Å². The average Bonchev–Trinajstić information content (AvgIpc) is 2.42. The molecular formula is C14H18N2OS. The second-order valence-electron chi connectivity index (χ2n) is 3.85. The first-order chi connectivity index (χ1) is 8.67. The van der Waals surface area contributed by atoms with Gasteiger partial charge in [-0.1, -0.05) is 18.1 Å². The molecule has 1 unspecified atom stereocenters. The lowest BCUT2D eigenvalue weighted by Crippen LogP contribution is -2.25. The fraction of sp³-hybridized carbons (Fsp3) is 0.357. The van der Waals surface area contributed by atoms with Gasteiger partial charge in [0.2, 0.25) is 5.91 Å². The van der Waals surface area contributed by atoms with Crippen LogP contribution in [0.2, 0.25) is 0 Å². The van der Waals surface area contributed by atoms with Crippen molar-refractivity contribution < 1.29 is 4.79 Å². The Balaban J connectivity index is 2.52. The molecule has 0 aliphatic carbocycles. The molecule has 0 radical (unpaired) electrons. The zero-order chi connectivity index (χ0) is 13.4. The standard InChI is InChI=1S/C14H18N2OS/c1-4-8-16-14(17)10-18-13-7-5-6-12(9-13)11(2)15-3/h1,5-7,9,11,15H,8,10H2,2-3H3,(H,16,17). The van der Waals surface area contributed by atoms with Gasteiger partial charge >= 0.3 is 0 Å². The number of hydrogen-bond donors (Lipinski definition) is 2. The van der Waals surface area contributed by atoms with Gasteiger partial charge in [-0.15, -0.1) is 18.2 Å². The molecule has 0 saturated heterocycles. The molecule has 1 amide bonds. The van der Waals surface area contributed by atoms with Gasteiger partial charge in [-0.2, -0.15) is 0 Å². The highest BCUT2D eigenvalue weighted by Crippen LogP contribution is 2.21. The van der Waals surface area contributed by atoms with Crippen LogP contribution in [0.3, 0.4) is 0 Å². The van der Waals surface area contributed by atoms with Crippen LogP contribution in [-0.4, -0.2) is 25.3 Å². The lowest BCUT2D eigenvalue weighted by atomic mass is 10.1. The smallest absolute Gasteiger partial charge is 0.231 e. The average molecular weight is 262 g/mol. The summed E-state index contributed by atoms with van der Waals surface area (Å²) in [4.78, 5) is 12.5. The number of carbonyl (C=O) groups is 1. The Bertz CT molecular complexity index is 440. The van der Waals surface area contributed by atoms with E-state index in [1.807, 2.05) is 19.2 Å². The largest absolute Gasteiger partial charge is 0.344 e. The molecule has 1 aromatic rings. The minimum absolute atomic E-state index is 0.0370. The van der Waals surface area contributed by atoms with Crippen molar-refractivity contribution in [1.82, 2.24) is 10.6 Å². The van der Waals surface area contributed by atoms with Gasteiger partial charge in [0.05, 0.1) is 12.3 Å². The van der Waals surface area contributed by atoms with Crippen molar-refractivity contribution in [3.63, 3.8) is 0 Å². The van der Waals surface area contributed by atoms with E-state index >= 15 is 0 Å². The Morgan fingerprint density at radius 3 is 3.00 bits per heavy atom. The summed E-state index contributed by atoms with van der Waals surface area (Å²) in [6, 6.07) is 8.49. The van der Waals surface area contributed by atoms with E-state index in [1.165, 1.54) is 17.3 Å². The lowest BCUT2D eigenvalue weighted by Gasteiger charge is -2.11. The zero-order valence-electron chi connectivity index (χ0n) is 10.7. The van der Waals surface area contributed by atoms with Gasteiger partial charge in [0.15, 0.2) is 0 Å². The molecule has 1 rings (SSSR count). The highest BCUT2D eigenvalue weighted by atomic mass is 32.2. The van der Waals surface area contributed by atoms with Gasteiger partial charge in [0.25, 0.3) is 0 Å². The van der Waals surface area contributed by atoms with Crippen LogP contribution in [0.1, 0.15) is 18.5 Å². The second-order valence-corrected chi connectivity index (χ2v) is 4.90. The van der Waals surface area contributed by atoms with Gasteiger partial charge in [-0.3, -0.25) is 4.79 Å². The highest BCUT2D eigenvalue weighted by Gasteiger charge is 2.05. The summed E-state index contributed by atoms with van der Waals surface area (Å²) < 4.78 is 0. The van der Waals surface area contributed by atoms with Gasteiger partial charge in [0, 0.05) is 10.9 Å². The van der Waals surface area contributed by atoms with E-state index in [9.17, 15) is 4.79 Å². The third-order valence-corrected chi connectivity index (χ3v) is 3.54. The quantitative estimate of drug-likeness (QED) is 0.607. The molecule has 0 spiro atoms. The van der Waals surface area contributed by atoms with Crippen LogP contribution in [0.5, 0.6) is 0 Å². The zero-order valence-corrected chi connectivity index (χ0v) is 11.5. The summed E-state index contributed by atoms with van der Waals surface area (Å²) in [5.74, 6) is 2.73. The first-order valence-electron chi connectivity index (χ1n) is 5.77. The van der Waals surface area contributed by atoms with Crippen molar-refractivity contribution >= 4 is 17.7 Å². The van der Waals surface area contributed by atoms with Crippen LogP contribution in [0.25, 0.3) is 0 Å². The van der Waals surface area contributed by atoms with Crippen LogP contribution in [0.15, 0.2) is 29.2 Å². The van der Waals surface area contributed by atoms with E-state index in [0.717, 1.165) is 4.90 Å². The summed E-state index contributed by atoms with van der Waals surface area (Å²) in [7, 11) is 1.93. The van der Waals surface area contributed by atoms with E-state index < -0.39 is 0 Å². The number of amides is 1. The fourth-order valence-corrected chi connectivity index (χ4v) is 2.18. The molecule has 2 N–H and O–H groups in total. The van der Waals surface area contributed by atoms with Crippen molar-refractivity contribution in [2.24, 2.45) is 0 Å². The molecule has 0 heterocycles. The molecule has 96 valence electrons. The van der Waals surface area contributed by atoms with E-state index in [2.05, 4.69) is 35.6 Å². The Hall–Kier alpha value is -1.44. The minimum Gasteiger partial charge on any atom is -0.344 e. The summed E-state index contributed by atoms with van der Waals surface area (Å²) in [5, 5.41) is 5.83. The van der Waals surface area contributed by atoms with Gasteiger partial charge in [-0.05, 0) is 31.7 Å². The van der Waals surface area contributed by atoms with Crippen molar-refractivity contribution in [3.8, 4) is 12.3 Å². The summed E-state index contributed by atoms with van der Waals surface area (Å²) in [5.41, 5.74) is 1.21. The van der Waals surface area contributed by atoms with E-state index in [0.29, 0.717) is 11.8 Å². The van der Waals surface area contributed by atoms with Gasteiger partial charge in [-0.25, -0.2) is 0 Å². The Kier molecular flexibility index (Phi) is 6.34. The number of hydrogen-bond acceptors (Lipinski definition) is 3. The number of nitrogens with one attached hydrogen (secondary N) is 2. The molecule has 0 bridgehead atoms. The molecule has 3 nitrogen and oxygen atoms in total. The number of benzene rings is 1. The van der Waals surface area contributed by atoms with Crippen molar-refractivity contribution in [2.75, 3.05) is 19.3 Å². The first kappa shape index (κ1) is 14.6. The summed E-state index contributed by atoms with van der Waals surface area (Å²) in [6.45, 7) is 2.39. The molecule has 0 saturated carbocycles. The third kappa shape index (κ3) is 4.82. The molecule has 18 heavy (non-hydrogen) atoms. The fourth-order valence-electron chi connectivity index (χ4n) is 1.39. The van der Waals surface area contributed by atoms with Gasteiger partial charge < -0.3 is 10.6 Å². The Morgan fingerprint density at radius 1 is 1.56 bits per heavy atom. The molecule has 0 aliphatic rings. The molecule has 1 atom stereocenters. The highest BCUT2D eigenvalue weighted by molar-refractivity contribution is 8.00. The lowest BCUT2D eigenvalue weighted by molar-refractivity contribution is -0.118. The SMILES string of the molecule is C#CCNC(=O)CSc1cccc(C(C)NC)c1. The number of carbonyl (C=O) groups excluding carboxylic acids is 1. The molecule has 0 aromatic heterocycles. The monoisotopic (exact) mass is 262 g/mol. The Morgan fingerprint density at radius 2 is 2.33 bits per heavy atom. The van der Waals surface area contributed by atoms with Crippen LogP contribution in [-0.2, 0) is 4.79 Å². The predicted molar refractivity (Wildman–Crippen MR) is 76.5 cm³/mol. The van der Waals surface area contributed by atoms with Crippen molar-refractivity contribution in [3.05, 3.63) is 29.8 Å². The summed E-state index contributed by atoms with van der Waals surface area (Å²) in [6.07, 6.45) is 5.07. The van der Waals surface area contributed by atoms with E-state index in [4.69, 9.17) is 6.42 Å². The maximum absolute atomic E-state index is 11.4. The van der Waals surface area contributed by atoms with Crippen LogP contribution >= 0.6 is 11.8 Å². The molecule has 4 heteroatoms. The number of thioether (sulfide) groups is 1. The Labute approximate surface area is 113 Å². The van der Waals surface area contributed by atoms with Gasteiger partial charge in [0.1, 0.15) is 0 Å². The topological polar surface area (TPSA) is 41.1 Å². The maximum atomic E-state index is 11.4. The number of terminal acetylenes is 1. The van der Waals surface area contributed by atoms with Crippen molar-refractivity contribution in [1.29, 1.82) is 0 Å². The maximum Gasteiger partial charge on any atom is 0.231 e. The van der Waals surface area contributed by atoms with Crippen LogP contribution in [0.4, 0.5) is 0 Å². The second kappa shape index (κ2) is 7.80. The van der Waals surface area contributed by atoms with Crippen molar-refractivity contribution in [2.45, 2.75) is 17.9 Å². The third-order valence-electron chi connectivity index (χ3n) is 2.55. The van der Waals surface area contributed by atoms with Crippen LogP contribution < -0.4 is 10.6 Å². The molecular weight excluding hydrogens is 244 g/mol. The molecule has 0 fully saturated rings. The van der Waals surface area contributed by atoms with E-state index in [-0.39, 0.29) is 12.5 Å². The molecule has 1 aromatic carbocycles.